The molecule has 2 aromatic carbocycles. The second-order valence-electron chi connectivity index (χ2n) is 6.12. The van der Waals surface area contributed by atoms with Crippen LogP contribution in [0.25, 0.3) is 12.2 Å². The molecule has 10 heteroatoms. The van der Waals surface area contributed by atoms with Crippen molar-refractivity contribution in [1.82, 2.24) is 4.98 Å². The van der Waals surface area contributed by atoms with Crippen LogP contribution in [0.4, 0.5) is 10.8 Å². The molecule has 3 aromatic rings. The Morgan fingerprint density at radius 3 is 2.55 bits per heavy atom. The third-order valence-corrected chi connectivity index (χ3v) is 5.91. The van der Waals surface area contributed by atoms with Crippen molar-refractivity contribution in [3.8, 4) is 5.88 Å². The number of anilines is 2. The average Bonchev–Trinajstić information content (AvgIpc) is 3.01. The third kappa shape index (κ3) is 4.09. The molecule has 0 atom stereocenters. The van der Waals surface area contributed by atoms with Crippen LogP contribution in [0.15, 0.2) is 64.0 Å². The van der Waals surface area contributed by atoms with Crippen LogP contribution in [0.1, 0.15) is 4.88 Å². The first-order valence-electron chi connectivity index (χ1n) is 8.31. The lowest BCUT2D eigenvalue weighted by atomic mass is 10.1. The molecule has 146 valence electrons. The van der Waals surface area contributed by atoms with Crippen LogP contribution < -0.4 is 21.0 Å². The summed E-state index contributed by atoms with van der Waals surface area (Å²) in [5.41, 5.74) is 0.904. The topological polar surface area (TPSA) is 135 Å². The van der Waals surface area contributed by atoms with E-state index in [2.05, 4.69) is 15.3 Å². The van der Waals surface area contributed by atoms with Gasteiger partial charge in [0, 0.05) is 16.5 Å². The number of nitrogens with two attached hydrogens (primary N) is 1. The Labute approximate surface area is 169 Å². The zero-order valence-corrected chi connectivity index (χ0v) is 16.4. The standard InChI is InChI=1S/C19H14N4O4S2/c20-29(26,27)14-7-5-13(6-8-14)21-19-23-18(25)16(28-19)10-12-9-11-3-1-2-4-15(11)22-17(12)24/h1-10,25H,(H,21,23)(H2,20,26,27)/b12-10-. The number of fused-ring (bicyclic) bond motifs is 1. The largest absolute Gasteiger partial charge is 0.492 e. The fourth-order valence-corrected chi connectivity index (χ4v) is 4.03. The molecular formula is C19H14N4O4S2. The predicted molar refractivity (Wildman–Crippen MR) is 110 cm³/mol. The van der Waals surface area contributed by atoms with Gasteiger partial charge >= 0.3 is 0 Å². The molecule has 1 aliphatic heterocycles. The van der Waals surface area contributed by atoms with Gasteiger partial charge in [-0.2, -0.15) is 4.98 Å². The van der Waals surface area contributed by atoms with E-state index < -0.39 is 15.9 Å². The maximum atomic E-state index is 12.2. The molecule has 0 saturated carbocycles. The van der Waals surface area contributed by atoms with Crippen molar-refractivity contribution in [1.29, 1.82) is 0 Å². The van der Waals surface area contributed by atoms with E-state index in [1.54, 1.807) is 18.2 Å². The highest BCUT2D eigenvalue weighted by Gasteiger charge is 2.15. The molecule has 0 aliphatic carbocycles. The summed E-state index contributed by atoms with van der Waals surface area (Å²) in [4.78, 5) is 20.7. The maximum Gasteiger partial charge on any atom is 0.277 e. The molecule has 2 heterocycles. The molecule has 0 radical (unpaired) electrons. The summed E-state index contributed by atoms with van der Waals surface area (Å²) in [5.74, 6) is -0.629. The van der Waals surface area contributed by atoms with Gasteiger partial charge < -0.3 is 10.4 Å². The van der Waals surface area contributed by atoms with E-state index in [1.807, 2.05) is 12.1 Å². The van der Waals surface area contributed by atoms with Crippen LogP contribution in [-0.4, -0.2) is 24.4 Å². The minimum absolute atomic E-state index is 0.00848. The number of amides is 1. The van der Waals surface area contributed by atoms with Gasteiger partial charge in [0.1, 0.15) is 0 Å². The van der Waals surface area contributed by atoms with Gasteiger partial charge in [-0.25, -0.2) is 18.5 Å². The van der Waals surface area contributed by atoms with Crippen LogP contribution in [0.3, 0.4) is 0 Å². The number of nitrogens with zero attached hydrogens (tertiary/aromatic N) is 2. The molecule has 0 unspecified atom stereocenters. The number of hydrogen-bond donors (Lipinski definition) is 3. The lowest BCUT2D eigenvalue weighted by molar-refractivity contribution is -0.114. The van der Waals surface area contributed by atoms with Crippen molar-refractivity contribution in [3.05, 3.63) is 69.6 Å². The second-order valence-corrected chi connectivity index (χ2v) is 8.71. The first-order valence-corrected chi connectivity index (χ1v) is 10.7. The zero-order valence-electron chi connectivity index (χ0n) is 14.7. The normalized spacial score (nSPS) is 14.8. The van der Waals surface area contributed by atoms with Crippen molar-refractivity contribution in [2.75, 3.05) is 5.32 Å². The summed E-state index contributed by atoms with van der Waals surface area (Å²) in [6.07, 6.45) is 3.24. The highest BCUT2D eigenvalue weighted by molar-refractivity contribution is 7.89. The number of aromatic nitrogens is 1. The molecule has 0 bridgehead atoms. The molecule has 1 aromatic heterocycles. The number of sulfonamides is 1. The summed E-state index contributed by atoms with van der Waals surface area (Å²) in [6, 6.07) is 13.1. The number of aromatic hydroxyl groups is 1. The quantitative estimate of drug-likeness (QED) is 0.538. The van der Waals surface area contributed by atoms with Gasteiger partial charge in [0.25, 0.3) is 5.91 Å². The molecule has 1 aliphatic rings. The van der Waals surface area contributed by atoms with Crippen LogP contribution in [0, 0.1) is 0 Å². The van der Waals surface area contributed by atoms with Gasteiger partial charge in [-0.15, -0.1) is 0 Å². The molecule has 8 nitrogen and oxygen atoms in total. The van der Waals surface area contributed by atoms with Crippen LogP contribution in [0.2, 0.25) is 0 Å². The van der Waals surface area contributed by atoms with Crippen molar-refractivity contribution in [3.63, 3.8) is 0 Å². The number of rotatable bonds is 4. The van der Waals surface area contributed by atoms with E-state index in [9.17, 15) is 18.3 Å². The van der Waals surface area contributed by atoms with Crippen LogP contribution >= 0.6 is 11.3 Å². The minimum Gasteiger partial charge on any atom is -0.492 e. The predicted octanol–water partition coefficient (Wildman–Crippen LogP) is 1.26. The Morgan fingerprint density at radius 1 is 1.10 bits per heavy atom. The van der Waals surface area contributed by atoms with Crippen molar-refractivity contribution in [2.24, 2.45) is 10.1 Å². The number of benzene rings is 2. The Kier molecular flexibility index (Phi) is 4.74. The van der Waals surface area contributed by atoms with Gasteiger partial charge in [-0.05, 0) is 42.5 Å². The van der Waals surface area contributed by atoms with E-state index in [4.69, 9.17) is 5.14 Å². The lowest BCUT2D eigenvalue weighted by Crippen LogP contribution is -2.29. The van der Waals surface area contributed by atoms with Gasteiger partial charge in [-0.1, -0.05) is 29.5 Å². The zero-order chi connectivity index (χ0) is 20.6. The van der Waals surface area contributed by atoms with Gasteiger partial charge in [0.2, 0.25) is 15.9 Å². The molecule has 0 saturated heterocycles. The summed E-state index contributed by atoms with van der Waals surface area (Å²) in [5, 5.41) is 20.0. The van der Waals surface area contributed by atoms with E-state index >= 15 is 0 Å². The summed E-state index contributed by atoms with van der Waals surface area (Å²) in [7, 11) is -3.77. The number of hydrogen-bond acceptors (Lipinski definition) is 7. The molecular weight excluding hydrogens is 412 g/mol. The Bertz CT molecular complexity index is 1370. The highest BCUT2D eigenvalue weighted by Crippen LogP contribution is 2.32. The molecule has 0 fully saturated rings. The number of carbonyl (C=O) groups excluding carboxylic acids is 1. The summed E-state index contributed by atoms with van der Waals surface area (Å²) in [6.45, 7) is 0. The first kappa shape index (κ1) is 19.0. The molecule has 4 rings (SSSR count). The number of para-hydroxylation sites is 1. The number of carbonyl (C=O) groups is 1. The number of thiazole rings is 1. The van der Waals surface area contributed by atoms with E-state index in [0.29, 0.717) is 26.6 Å². The minimum atomic E-state index is -3.77. The summed E-state index contributed by atoms with van der Waals surface area (Å²) < 4.78 is 22.6. The Balaban J connectivity index is 1.61. The van der Waals surface area contributed by atoms with Crippen molar-refractivity contribution >= 4 is 50.2 Å². The second kappa shape index (κ2) is 7.24. The maximum absolute atomic E-state index is 12.2. The van der Waals surface area contributed by atoms with Gasteiger partial charge in [-0.3, -0.25) is 4.79 Å². The van der Waals surface area contributed by atoms with Crippen molar-refractivity contribution in [2.45, 2.75) is 4.90 Å². The molecule has 4 N–H and O–H groups in total. The number of primary sulfonamides is 1. The average molecular weight is 426 g/mol. The van der Waals surface area contributed by atoms with Gasteiger partial charge in [0.15, 0.2) is 5.13 Å². The lowest BCUT2D eigenvalue weighted by Gasteiger charge is -2.03. The molecule has 29 heavy (non-hydrogen) atoms. The smallest absolute Gasteiger partial charge is 0.277 e. The SMILES string of the molecule is NS(=O)(=O)c1ccc(Nc2nc(O)c(/C=C3/C=c4ccccc4=NC3=O)s2)cc1. The Morgan fingerprint density at radius 2 is 1.83 bits per heavy atom. The van der Waals surface area contributed by atoms with Crippen LogP contribution in [0.5, 0.6) is 5.88 Å². The number of nitrogens with one attached hydrogen (secondary N) is 1. The molecule has 1 amide bonds. The Hall–Kier alpha value is -3.34. The van der Waals surface area contributed by atoms with Crippen molar-refractivity contribution < 1.29 is 18.3 Å². The highest BCUT2D eigenvalue weighted by atomic mass is 32.2. The first-order chi connectivity index (χ1) is 13.8. The van der Waals surface area contributed by atoms with E-state index in [0.717, 1.165) is 16.6 Å². The van der Waals surface area contributed by atoms with Gasteiger partial charge in [0.05, 0.1) is 15.1 Å². The third-order valence-electron chi connectivity index (χ3n) is 4.07. The molecule has 0 spiro atoms. The van der Waals surface area contributed by atoms with E-state index in [1.165, 1.54) is 30.3 Å². The van der Waals surface area contributed by atoms with E-state index in [-0.39, 0.29) is 10.8 Å². The summed E-state index contributed by atoms with van der Waals surface area (Å²) >= 11 is 1.14. The fraction of sp³-hybridized carbons (Fsp3) is 0. The monoisotopic (exact) mass is 426 g/mol. The van der Waals surface area contributed by atoms with Crippen LogP contribution in [-0.2, 0) is 14.8 Å². The fourth-order valence-electron chi connectivity index (χ4n) is 2.68.